The van der Waals surface area contributed by atoms with Gasteiger partial charge in [-0.05, 0) is 0 Å². The van der Waals surface area contributed by atoms with Crippen LogP contribution < -0.4 is 5.32 Å². The summed E-state index contributed by atoms with van der Waals surface area (Å²) >= 11 is 0. The monoisotopic (exact) mass is 257 g/mol. The van der Waals surface area contributed by atoms with Crippen molar-refractivity contribution in [2.24, 2.45) is 0 Å². The van der Waals surface area contributed by atoms with Gasteiger partial charge in [0.25, 0.3) is 0 Å². The molecule has 1 rings (SSSR count). The first-order valence-corrected chi connectivity index (χ1v) is 4.58. The smallest absolute Gasteiger partial charge is 0.422 e. The van der Waals surface area contributed by atoms with Crippen molar-refractivity contribution in [3.63, 3.8) is 0 Å². The largest absolute Gasteiger partial charge is 0.479 e. The fraction of sp³-hybridized carbons (Fsp3) is 0.750. The predicted octanol–water partition coefficient (Wildman–Crippen LogP) is 0.519. The van der Waals surface area contributed by atoms with E-state index in [0.29, 0.717) is 0 Å². The minimum absolute atomic E-state index is 0.0244. The van der Waals surface area contributed by atoms with Crippen molar-refractivity contribution in [3.8, 4) is 0 Å². The highest BCUT2D eigenvalue weighted by Crippen LogP contribution is 2.20. The van der Waals surface area contributed by atoms with Crippen molar-refractivity contribution in [1.29, 1.82) is 0 Å². The molecule has 98 valence electrons. The molecule has 0 radical (unpaired) electrons. The number of hydrogen-bond acceptors (Lipinski definition) is 4. The van der Waals surface area contributed by atoms with Crippen molar-refractivity contribution in [1.82, 2.24) is 5.32 Å². The van der Waals surface area contributed by atoms with E-state index in [9.17, 15) is 22.8 Å². The average molecular weight is 257 g/mol. The molecular formula is C8H10F3NO5. The maximum atomic E-state index is 11.7. The lowest BCUT2D eigenvalue weighted by Crippen LogP contribution is -2.55. The quantitative estimate of drug-likeness (QED) is 0.769. The molecule has 1 heterocycles. The molecule has 0 spiro atoms. The molecular weight excluding hydrogens is 247 g/mol. The molecule has 0 aliphatic carbocycles. The SMILES string of the molecule is O=C(NC1(C(=O)O)CCOC1)OCC(F)(F)F. The molecule has 1 amide bonds. The molecule has 6 nitrogen and oxygen atoms in total. The van der Waals surface area contributed by atoms with E-state index in [0.717, 1.165) is 0 Å². The van der Waals surface area contributed by atoms with E-state index in [1.165, 1.54) is 0 Å². The number of hydrogen-bond donors (Lipinski definition) is 2. The molecule has 9 heteroatoms. The van der Waals surface area contributed by atoms with Crippen molar-refractivity contribution in [3.05, 3.63) is 0 Å². The van der Waals surface area contributed by atoms with Gasteiger partial charge in [0.2, 0.25) is 0 Å². The van der Waals surface area contributed by atoms with Crippen LogP contribution in [0.4, 0.5) is 18.0 Å². The van der Waals surface area contributed by atoms with Crippen LogP contribution >= 0.6 is 0 Å². The van der Waals surface area contributed by atoms with E-state index in [2.05, 4.69) is 4.74 Å². The summed E-state index contributed by atoms with van der Waals surface area (Å²) < 4.78 is 43.9. The van der Waals surface area contributed by atoms with Gasteiger partial charge in [0.05, 0.1) is 6.61 Å². The van der Waals surface area contributed by atoms with Gasteiger partial charge >= 0.3 is 18.2 Å². The van der Waals surface area contributed by atoms with Crippen LogP contribution in [0.1, 0.15) is 6.42 Å². The van der Waals surface area contributed by atoms with Crippen LogP contribution in [0.3, 0.4) is 0 Å². The van der Waals surface area contributed by atoms with Crippen LogP contribution in [-0.2, 0) is 14.3 Å². The Hall–Kier alpha value is -1.51. The molecule has 1 fully saturated rings. The number of ether oxygens (including phenoxy) is 2. The Bertz CT molecular complexity index is 311. The van der Waals surface area contributed by atoms with Crippen molar-refractivity contribution in [2.45, 2.75) is 18.1 Å². The first-order chi connectivity index (χ1) is 7.75. The van der Waals surface area contributed by atoms with Gasteiger partial charge in [-0.2, -0.15) is 13.2 Å². The lowest BCUT2D eigenvalue weighted by molar-refractivity contribution is -0.161. The molecule has 17 heavy (non-hydrogen) atoms. The average Bonchev–Trinajstić information content (AvgIpc) is 2.63. The van der Waals surface area contributed by atoms with Gasteiger partial charge in [0.1, 0.15) is 0 Å². The molecule has 0 saturated carbocycles. The minimum atomic E-state index is -4.65. The van der Waals surface area contributed by atoms with Gasteiger partial charge in [-0.3, -0.25) is 0 Å². The normalized spacial score (nSPS) is 24.4. The highest BCUT2D eigenvalue weighted by atomic mass is 19.4. The van der Waals surface area contributed by atoms with Gasteiger partial charge in [-0.15, -0.1) is 0 Å². The molecule has 0 aromatic heterocycles. The number of alkyl carbamates (subject to hydrolysis) is 1. The maximum absolute atomic E-state index is 11.7. The van der Waals surface area contributed by atoms with Crippen molar-refractivity contribution >= 4 is 12.1 Å². The van der Waals surface area contributed by atoms with Crippen LogP contribution in [-0.4, -0.2) is 48.7 Å². The number of nitrogens with one attached hydrogen (secondary N) is 1. The maximum Gasteiger partial charge on any atom is 0.422 e. The Labute approximate surface area is 93.7 Å². The summed E-state index contributed by atoms with van der Waals surface area (Å²) in [4.78, 5) is 21.9. The number of carboxylic acids is 1. The number of alkyl halides is 3. The van der Waals surface area contributed by atoms with Crippen molar-refractivity contribution in [2.75, 3.05) is 19.8 Å². The van der Waals surface area contributed by atoms with Gasteiger partial charge in [0, 0.05) is 13.0 Å². The third-order valence-electron chi connectivity index (χ3n) is 2.14. The van der Waals surface area contributed by atoms with E-state index in [-0.39, 0.29) is 19.6 Å². The summed E-state index contributed by atoms with van der Waals surface area (Å²) in [5, 5.41) is 10.7. The molecule has 1 aliphatic rings. The number of rotatable bonds is 3. The van der Waals surface area contributed by atoms with E-state index >= 15 is 0 Å². The summed E-state index contributed by atoms with van der Waals surface area (Å²) in [6, 6.07) is 0. The van der Waals surface area contributed by atoms with Crippen LogP contribution in [0.15, 0.2) is 0 Å². The molecule has 0 bridgehead atoms. The number of aliphatic carboxylic acids is 1. The number of halogens is 3. The van der Waals surface area contributed by atoms with Gasteiger partial charge in [0.15, 0.2) is 12.1 Å². The second kappa shape index (κ2) is 4.78. The fourth-order valence-electron chi connectivity index (χ4n) is 1.26. The molecule has 1 aliphatic heterocycles. The van der Waals surface area contributed by atoms with E-state index in [1.807, 2.05) is 5.32 Å². The van der Waals surface area contributed by atoms with Crippen LogP contribution in [0, 0.1) is 0 Å². The topological polar surface area (TPSA) is 84.9 Å². The molecule has 0 aromatic carbocycles. The zero-order valence-corrected chi connectivity index (χ0v) is 8.54. The summed E-state index contributed by atoms with van der Waals surface area (Å²) in [5.41, 5.74) is -1.71. The van der Waals surface area contributed by atoms with E-state index < -0.39 is 30.4 Å². The molecule has 1 unspecified atom stereocenters. The third-order valence-corrected chi connectivity index (χ3v) is 2.14. The Morgan fingerprint density at radius 1 is 1.47 bits per heavy atom. The Kier molecular flexibility index (Phi) is 3.81. The second-order valence-corrected chi connectivity index (χ2v) is 3.51. The van der Waals surface area contributed by atoms with Crippen LogP contribution in [0.25, 0.3) is 0 Å². The van der Waals surface area contributed by atoms with E-state index in [1.54, 1.807) is 0 Å². The summed E-state index contributed by atoms with van der Waals surface area (Å²) in [6.07, 6.45) is -6.11. The number of carbonyl (C=O) groups excluding carboxylic acids is 1. The lowest BCUT2D eigenvalue weighted by atomic mass is 10.00. The number of carboxylic acid groups (broad SMARTS) is 1. The van der Waals surface area contributed by atoms with Gasteiger partial charge in [-0.1, -0.05) is 0 Å². The molecule has 2 N–H and O–H groups in total. The van der Waals surface area contributed by atoms with Crippen LogP contribution in [0.2, 0.25) is 0 Å². The zero-order chi connectivity index (χ0) is 13.1. The summed E-state index contributed by atoms with van der Waals surface area (Å²) in [5.74, 6) is -1.38. The summed E-state index contributed by atoms with van der Waals surface area (Å²) in [7, 11) is 0. The second-order valence-electron chi connectivity index (χ2n) is 3.51. The van der Waals surface area contributed by atoms with E-state index in [4.69, 9.17) is 9.84 Å². The van der Waals surface area contributed by atoms with Gasteiger partial charge < -0.3 is 19.9 Å². The minimum Gasteiger partial charge on any atom is -0.479 e. The highest BCUT2D eigenvalue weighted by Gasteiger charge is 2.44. The Morgan fingerprint density at radius 3 is 2.53 bits per heavy atom. The van der Waals surface area contributed by atoms with Crippen molar-refractivity contribution < 1.29 is 37.3 Å². The lowest BCUT2D eigenvalue weighted by Gasteiger charge is -2.23. The third kappa shape index (κ3) is 3.77. The fourth-order valence-corrected chi connectivity index (χ4v) is 1.26. The van der Waals surface area contributed by atoms with Gasteiger partial charge in [-0.25, -0.2) is 9.59 Å². The molecule has 1 saturated heterocycles. The Balaban J connectivity index is 2.51. The first-order valence-electron chi connectivity index (χ1n) is 4.58. The molecule has 0 aromatic rings. The highest BCUT2D eigenvalue weighted by molar-refractivity contribution is 5.84. The van der Waals surface area contributed by atoms with Crippen LogP contribution in [0.5, 0.6) is 0 Å². The predicted molar refractivity (Wildman–Crippen MR) is 46.3 cm³/mol. The zero-order valence-electron chi connectivity index (χ0n) is 8.54. The first kappa shape index (κ1) is 13.6. The standard InChI is InChI=1S/C8H10F3NO5/c9-8(10,11)4-17-6(15)12-7(5(13)14)1-2-16-3-7/h1-4H2,(H,12,15)(H,13,14). The number of carbonyl (C=O) groups is 2. The number of amides is 1. The molecule has 1 atom stereocenters. The Morgan fingerprint density at radius 2 is 2.12 bits per heavy atom. The summed E-state index contributed by atoms with van der Waals surface area (Å²) in [6.45, 7) is -1.97.